The summed E-state index contributed by atoms with van der Waals surface area (Å²) in [5.74, 6) is 0.490. The summed E-state index contributed by atoms with van der Waals surface area (Å²) < 4.78 is 31.6. The number of sulfonamides is 1. The van der Waals surface area contributed by atoms with Gasteiger partial charge in [0.05, 0.1) is 12.2 Å². The van der Waals surface area contributed by atoms with E-state index in [1.807, 2.05) is 0 Å². The molecule has 0 spiro atoms. The van der Waals surface area contributed by atoms with E-state index in [4.69, 9.17) is 4.42 Å². The Hall–Kier alpha value is -2.06. The molecule has 8 heteroatoms. The number of aromatic nitrogens is 1. The number of rotatable bonds is 5. The molecule has 0 aromatic carbocycles. The lowest BCUT2D eigenvalue weighted by Crippen LogP contribution is -2.21. The number of nitrogens with one attached hydrogen (secondary N) is 1. The molecule has 0 bridgehead atoms. The molecule has 0 radical (unpaired) electrons. The van der Waals surface area contributed by atoms with Crippen molar-refractivity contribution in [1.82, 2.24) is 8.87 Å². The third-order valence-corrected chi connectivity index (χ3v) is 4.61. The van der Waals surface area contributed by atoms with E-state index in [9.17, 15) is 13.2 Å². The second kappa shape index (κ2) is 5.74. The number of hydrogen-bond donors (Lipinski definition) is 1. The van der Waals surface area contributed by atoms with E-state index in [-0.39, 0.29) is 10.7 Å². The van der Waals surface area contributed by atoms with Crippen molar-refractivity contribution in [3.63, 3.8) is 0 Å². The zero-order valence-electron chi connectivity index (χ0n) is 12.0. The van der Waals surface area contributed by atoms with Gasteiger partial charge in [-0.15, -0.1) is 0 Å². The Balaban J connectivity index is 2.10. The van der Waals surface area contributed by atoms with Crippen LogP contribution >= 0.6 is 0 Å². The smallest absolute Gasteiger partial charge is 0.275 e. The van der Waals surface area contributed by atoms with Crippen LogP contribution in [0.3, 0.4) is 0 Å². The summed E-state index contributed by atoms with van der Waals surface area (Å²) in [7, 11) is 0.986. The highest BCUT2D eigenvalue weighted by molar-refractivity contribution is 7.88. The van der Waals surface area contributed by atoms with Crippen LogP contribution in [0, 0.1) is 0 Å². The van der Waals surface area contributed by atoms with E-state index in [1.54, 1.807) is 25.4 Å². The molecule has 114 valence electrons. The van der Waals surface area contributed by atoms with Gasteiger partial charge < -0.3 is 14.3 Å². The quantitative estimate of drug-likeness (QED) is 0.884. The minimum absolute atomic E-state index is 0.0928. The number of anilines is 1. The fourth-order valence-corrected chi connectivity index (χ4v) is 2.47. The topological polar surface area (TPSA) is 84.5 Å². The fourth-order valence-electron chi connectivity index (χ4n) is 1.66. The second-order valence-corrected chi connectivity index (χ2v) is 6.81. The monoisotopic (exact) mass is 311 g/mol. The SMILES string of the molecule is CN(C)S(=O)(=O)c1ccc(CNc2ccc(=O)n(C)c2)o1. The molecule has 1 N–H and O–H groups in total. The molecule has 0 amide bonds. The molecule has 2 heterocycles. The van der Waals surface area contributed by atoms with E-state index in [2.05, 4.69) is 5.32 Å². The van der Waals surface area contributed by atoms with E-state index in [1.165, 1.54) is 30.8 Å². The summed E-state index contributed by atoms with van der Waals surface area (Å²) in [5, 5.41) is 2.97. The lowest BCUT2D eigenvalue weighted by atomic mass is 10.4. The maximum absolute atomic E-state index is 11.9. The van der Waals surface area contributed by atoms with Gasteiger partial charge in [0.2, 0.25) is 10.7 Å². The summed E-state index contributed by atoms with van der Waals surface area (Å²) in [4.78, 5) is 11.3. The summed E-state index contributed by atoms with van der Waals surface area (Å²) in [5.41, 5.74) is 0.642. The first-order valence-corrected chi connectivity index (χ1v) is 7.66. The maximum atomic E-state index is 11.9. The molecule has 2 aromatic heterocycles. The average molecular weight is 311 g/mol. The average Bonchev–Trinajstić information content (AvgIpc) is 2.89. The van der Waals surface area contributed by atoms with Crippen molar-refractivity contribution in [2.24, 2.45) is 7.05 Å². The van der Waals surface area contributed by atoms with Crippen molar-refractivity contribution in [3.05, 3.63) is 46.6 Å². The zero-order valence-corrected chi connectivity index (χ0v) is 12.8. The van der Waals surface area contributed by atoms with Gasteiger partial charge in [0.15, 0.2) is 0 Å². The highest BCUT2D eigenvalue weighted by Gasteiger charge is 2.21. The Morgan fingerprint density at radius 1 is 1.24 bits per heavy atom. The molecule has 0 fully saturated rings. The van der Waals surface area contributed by atoms with Crippen LogP contribution in [0.4, 0.5) is 5.69 Å². The van der Waals surface area contributed by atoms with Gasteiger partial charge in [0.25, 0.3) is 10.0 Å². The number of furan rings is 1. The van der Waals surface area contributed by atoms with Gasteiger partial charge in [-0.1, -0.05) is 0 Å². The number of aryl methyl sites for hydroxylation is 1. The Morgan fingerprint density at radius 2 is 1.95 bits per heavy atom. The summed E-state index contributed by atoms with van der Waals surface area (Å²) >= 11 is 0. The molecule has 2 aromatic rings. The Kier molecular flexibility index (Phi) is 4.19. The van der Waals surface area contributed by atoms with Gasteiger partial charge in [0, 0.05) is 33.4 Å². The lowest BCUT2D eigenvalue weighted by Gasteiger charge is -2.08. The molecule has 0 atom stereocenters. The van der Waals surface area contributed by atoms with Crippen LogP contribution in [-0.4, -0.2) is 31.4 Å². The minimum atomic E-state index is -3.56. The maximum Gasteiger partial charge on any atom is 0.275 e. The Morgan fingerprint density at radius 3 is 2.57 bits per heavy atom. The standard InChI is InChI=1S/C13H17N3O4S/c1-15(2)21(18,19)13-7-5-11(20-13)8-14-10-4-6-12(17)16(3)9-10/h4-7,9,14H,8H2,1-3H3. The van der Waals surface area contributed by atoms with Crippen molar-refractivity contribution in [2.75, 3.05) is 19.4 Å². The molecular formula is C13H17N3O4S. The van der Waals surface area contributed by atoms with E-state index in [0.29, 0.717) is 12.3 Å². The van der Waals surface area contributed by atoms with Crippen LogP contribution in [0.25, 0.3) is 0 Å². The van der Waals surface area contributed by atoms with Gasteiger partial charge in [-0.25, -0.2) is 12.7 Å². The normalized spacial score (nSPS) is 11.8. The third kappa shape index (κ3) is 3.34. The first kappa shape index (κ1) is 15.3. The first-order valence-electron chi connectivity index (χ1n) is 6.22. The predicted octanol–water partition coefficient (Wildman–Crippen LogP) is 0.841. The molecular weight excluding hydrogens is 294 g/mol. The Bertz CT molecular complexity index is 790. The zero-order chi connectivity index (χ0) is 15.6. The van der Waals surface area contributed by atoms with Crippen LogP contribution < -0.4 is 10.9 Å². The minimum Gasteiger partial charge on any atom is -0.446 e. The molecule has 0 aliphatic rings. The largest absolute Gasteiger partial charge is 0.446 e. The number of hydrogen-bond acceptors (Lipinski definition) is 5. The third-order valence-electron chi connectivity index (χ3n) is 2.92. The van der Waals surface area contributed by atoms with Gasteiger partial charge in [-0.2, -0.15) is 0 Å². The molecule has 0 saturated heterocycles. The number of nitrogens with zero attached hydrogens (tertiary/aromatic N) is 2. The lowest BCUT2D eigenvalue weighted by molar-refractivity contribution is 0.402. The van der Waals surface area contributed by atoms with Crippen molar-refractivity contribution in [3.8, 4) is 0 Å². The van der Waals surface area contributed by atoms with Crippen molar-refractivity contribution in [1.29, 1.82) is 0 Å². The summed E-state index contributed by atoms with van der Waals surface area (Å²) in [6, 6.07) is 6.13. The summed E-state index contributed by atoms with van der Waals surface area (Å²) in [6.07, 6.45) is 1.66. The van der Waals surface area contributed by atoms with Crippen molar-refractivity contribution < 1.29 is 12.8 Å². The highest BCUT2D eigenvalue weighted by atomic mass is 32.2. The Labute approximate surface area is 122 Å². The predicted molar refractivity (Wildman–Crippen MR) is 78.6 cm³/mol. The molecule has 0 saturated carbocycles. The van der Waals surface area contributed by atoms with Gasteiger partial charge in [-0.05, 0) is 18.2 Å². The molecule has 0 aliphatic heterocycles. The van der Waals surface area contributed by atoms with Gasteiger partial charge >= 0.3 is 0 Å². The first-order chi connectivity index (χ1) is 9.80. The van der Waals surface area contributed by atoms with Gasteiger partial charge in [-0.3, -0.25) is 4.79 Å². The fraction of sp³-hybridized carbons (Fsp3) is 0.308. The van der Waals surface area contributed by atoms with Crippen LogP contribution in [0.2, 0.25) is 0 Å². The second-order valence-electron chi connectivity index (χ2n) is 4.73. The molecule has 7 nitrogen and oxygen atoms in total. The van der Waals surface area contributed by atoms with E-state index >= 15 is 0 Å². The molecule has 0 aliphatic carbocycles. The van der Waals surface area contributed by atoms with Crippen molar-refractivity contribution in [2.45, 2.75) is 11.6 Å². The van der Waals surface area contributed by atoms with Crippen molar-refractivity contribution >= 4 is 15.7 Å². The highest BCUT2D eigenvalue weighted by Crippen LogP contribution is 2.17. The van der Waals surface area contributed by atoms with Crippen LogP contribution in [0.1, 0.15) is 5.76 Å². The van der Waals surface area contributed by atoms with Crippen LogP contribution in [0.15, 0.2) is 44.8 Å². The van der Waals surface area contributed by atoms with Crippen LogP contribution in [0.5, 0.6) is 0 Å². The van der Waals surface area contributed by atoms with Crippen LogP contribution in [-0.2, 0) is 23.6 Å². The summed E-state index contributed by atoms with van der Waals surface area (Å²) in [6.45, 7) is 0.321. The van der Waals surface area contributed by atoms with E-state index in [0.717, 1.165) is 9.99 Å². The van der Waals surface area contributed by atoms with Gasteiger partial charge in [0.1, 0.15) is 5.76 Å². The number of pyridine rings is 1. The molecule has 21 heavy (non-hydrogen) atoms. The molecule has 0 unspecified atom stereocenters. The molecule has 2 rings (SSSR count). The van der Waals surface area contributed by atoms with E-state index < -0.39 is 10.0 Å².